The highest BCUT2D eigenvalue weighted by molar-refractivity contribution is 5.14. The second-order valence-corrected chi connectivity index (χ2v) is 7.88. The molecule has 5 heteroatoms. The second kappa shape index (κ2) is 9.00. The summed E-state index contributed by atoms with van der Waals surface area (Å²) in [4.78, 5) is 2.59. The fourth-order valence-electron chi connectivity index (χ4n) is 4.54. The minimum atomic E-state index is 0.184. The molecule has 2 aliphatic rings. The predicted molar refractivity (Wildman–Crippen MR) is 107 cm³/mol. The van der Waals surface area contributed by atoms with Crippen LogP contribution in [-0.4, -0.2) is 47.0 Å². The van der Waals surface area contributed by atoms with Gasteiger partial charge in [-0.3, -0.25) is 9.58 Å². The molecule has 2 fully saturated rings. The van der Waals surface area contributed by atoms with Gasteiger partial charge >= 0.3 is 0 Å². The van der Waals surface area contributed by atoms with Crippen molar-refractivity contribution in [3.05, 3.63) is 53.9 Å². The summed E-state index contributed by atoms with van der Waals surface area (Å²) in [5.41, 5.74) is 2.64. The number of likely N-dealkylation sites (tertiary alicyclic amines) is 1. The van der Waals surface area contributed by atoms with Crippen molar-refractivity contribution in [2.24, 2.45) is 5.92 Å². The maximum Gasteiger partial charge on any atom is 0.103 e. The number of benzene rings is 1. The highest BCUT2D eigenvalue weighted by Gasteiger charge is 2.32. The van der Waals surface area contributed by atoms with E-state index < -0.39 is 0 Å². The lowest BCUT2D eigenvalue weighted by molar-refractivity contribution is 0.0808. The van der Waals surface area contributed by atoms with E-state index in [9.17, 15) is 0 Å². The molecule has 3 atom stereocenters. The molecule has 1 N–H and O–H groups in total. The molecule has 2 aliphatic heterocycles. The van der Waals surface area contributed by atoms with Crippen molar-refractivity contribution in [2.75, 3.05) is 26.2 Å². The zero-order valence-corrected chi connectivity index (χ0v) is 16.4. The Morgan fingerprint density at radius 3 is 2.93 bits per heavy atom. The van der Waals surface area contributed by atoms with E-state index in [-0.39, 0.29) is 6.10 Å². The Bertz CT molecular complexity index is 701. The van der Waals surface area contributed by atoms with Crippen LogP contribution in [0.4, 0.5) is 0 Å². The molecular weight excluding hydrogens is 336 g/mol. The normalized spacial score (nSPS) is 26.5. The van der Waals surface area contributed by atoms with Crippen LogP contribution in [0, 0.1) is 5.92 Å². The van der Waals surface area contributed by atoms with E-state index in [0.717, 1.165) is 39.2 Å². The van der Waals surface area contributed by atoms with Gasteiger partial charge in [-0.05, 0) is 44.4 Å². The van der Waals surface area contributed by atoms with Gasteiger partial charge in [-0.25, -0.2) is 0 Å². The number of aromatic nitrogens is 2. The molecule has 0 bridgehead atoms. The first-order chi connectivity index (χ1) is 13.3. The minimum Gasteiger partial charge on any atom is -0.372 e. The molecule has 2 aromatic rings. The molecule has 5 nitrogen and oxygen atoms in total. The Kier molecular flexibility index (Phi) is 6.22. The summed E-state index contributed by atoms with van der Waals surface area (Å²) in [6.45, 7) is 8.34. The monoisotopic (exact) mass is 368 g/mol. The van der Waals surface area contributed by atoms with E-state index >= 15 is 0 Å². The first kappa shape index (κ1) is 18.7. The van der Waals surface area contributed by atoms with E-state index in [1.54, 1.807) is 0 Å². The van der Waals surface area contributed by atoms with Crippen molar-refractivity contribution in [1.82, 2.24) is 20.0 Å². The lowest BCUT2D eigenvalue weighted by Gasteiger charge is -2.34. The van der Waals surface area contributed by atoms with Gasteiger partial charge in [0.05, 0.1) is 5.69 Å². The summed E-state index contributed by atoms with van der Waals surface area (Å²) in [6.07, 6.45) is 5.76. The molecule has 1 aromatic heterocycles. The molecule has 3 heterocycles. The molecule has 2 saturated heterocycles. The maximum atomic E-state index is 6.08. The zero-order valence-electron chi connectivity index (χ0n) is 16.4. The van der Waals surface area contributed by atoms with E-state index in [2.05, 4.69) is 63.3 Å². The van der Waals surface area contributed by atoms with Crippen molar-refractivity contribution in [3.8, 4) is 0 Å². The summed E-state index contributed by atoms with van der Waals surface area (Å²) >= 11 is 0. The summed E-state index contributed by atoms with van der Waals surface area (Å²) in [5, 5.41) is 8.28. The lowest BCUT2D eigenvalue weighted by atomic mass is 9.97. The molecule has 146 valence electrons. The Balaban J connectivity index is 1.30. The van der Waals surface area contributed by atoms with Crippen LogP contribution < -0.4 is 5.32 Å². The number of ether oxygens (including phenoxy) is 1. The molecule has 1 unspecified atom stereocenters. The van der Waals surface area contributed by atoms with Gasteiger partial charge in [-0.15, -0.1) is 0 Å². The average molecular weight is 369 g/mol. The standard InChI is InChI=1S/C22H32N4O/c1-2-26-21(10-12-24-26)22-19(11-14-27-22)15-23-20-9-6-13-25(17-20)16-18-7-4-3-5-8-18/h3-5,7-8,10,12,19-20,22-23H,2,6,9,11,13-17H2,1H3/t19-,20?,22+/m0/s1. The van der Waals surface area contributed by atoms with Crippen LogP contribution in [0.5, 0.6) is 0 Å². The van der Waals surface area contributed by atoms with Crippen LogP contribution in [0.2, 0.25) is 0 Å². The van der Waals surface area contributed by atoms with Crippen LogP contribution in [0.15, 0.2) is 42.6 Å². The van der Waals surface area contributed by atoms with Gasteiger partial charge in [0, 0.05) is 50.9 Å². The molecule has 27 heavy (non-hydrogen) atoms. The Morgan fingerprint density at radius 2 is 2.07 bits per heavy atom. The third-order valence-corrected chi connectivity index (χ3v) is 5.98. The Morgan fingerprint density at radius 1 is 1.19 bits per heavy atom. The fraction of sp³-hybridized carbons (Fsp3) is 0.591. The SMILES string of the molecule is CCn1nccc1[C@@H]1OCC[C@H]1CNC1CCCN(Cc2ccccc2)C1. The van der Waals surface area contributed by atoms with Crippen molar-refractivity contribution in [3.63, 3.8) is 0 Å². The van der Waals surface area contributed by atoms with Gasteiger partial charge in [0.1, 0.15) is 6.10 Å². The van der Waals surface area contributed by atoms with Gasteiger partial charge in [0.2, 0.25) is 0 Å². The van der Waals surface area contributed by atoms with Crippen LogP contribution >= 0.6 is 0 Å². The molecule has 0 spiro atoms. The molecule has 0 amide bonds. The third kappa shape index (κ3) is 4.60. The number of nitrogens with one attached hydrogen (secondary N) is 1. The first-order valence-electron chi connectivity index (χ1n) is 10.5. The summed E-state index contributed by atoms with van der Waals surface area (Å²) in [5.74, 6) is 0.538. The highest BCUT2D eigenvalue weighted by atomic mass is 16.5. The Labute approximate surface area is 162 Å². The van der Waals surface area contributed by atoms with Gasteiger partial charge in [-0.2, -0.15) is 5.10 Å². The summed E-state index contributed by atoms with van der Waals surface area (Å²) < 4.78 is 8.16. The largest absolute Gasteiger partial charge is 0.372 e. The molecule has 0 saturated carbocycles. The second-order valence-electron chi connectivity index (χ2n) is 7.88. The number of hydrogen-bond donors (Lipinski definition) is 1. The topological polar surface area (TPSA) is 42.3 Å². The van der Waals surface area contributed by atoms with E-state index in [0.29, 0.717) is 12.0 Å². The number of aryl methyl sites for hydroxylation is 1. The van der Waals surface area contributed by atoms with Crippen LogP contribution in [-0.2, 0) is 17.8 Å². The van der Waals surface area contributed by atoms with Crippen molar-refractivity contribution in [1.29, 1.82) is 0 Å². The fourth-order valence-corrected chi connectivity index (χ4v) is 4.54. The van der Waals surface area contributed by atoms with Crippen molar-refractivity contribution in [2.45, 2.75) is 51.4 Å². The Hall–Kier alpha value is -1.69. The zero-order chi connectivity index (χ0) is 18.5. The molecule has 1 aromatic carbocycles. The van der Waals surface area contributed by atoms with Crippen LogP contribution in [0.1, 0.15) is 43.5 Å². The highest BCUT2D eigenvalue weighted by Crippen LogP contribution is 2.34. The van der Waals surface area contributed by atoms with Crippen molar-refractivity contribution >= 4 is 0 Å². The smallest absolute Gasteiger partial charge is 0.103 e. The van der Waals surface area contributed by atoms with E-state index in [1.165, 1.54) is 30.6 Å². The maximum absolute atomic E-state index is 6.08. The quantitative estimate of drug-likeness (QED) is 0.815. The molecular formula is C22H32N4O. The number of hydrogen-bond acceptors (Lipinski definition) is 4. The number of piperidine rings is 1. The average Bonchev–Trinajstić information content (AvgIpc) is 3.36. The third-order valence-electron chi connectivity index (χ3n) is 5.98. The van der Waals surface area contributed by atoms with Gasteiger partial charge in [-0.1, -0.05) is 30.3 Å². The summed E-state index contributed by atoms with van der Waals surface area (Å²) in [7, 11) is 0. The van der Waals surface area contributed by atoms with E-state index in [1.807, 2.05) is 6.20 Å². The lowest BCUT2D eigenvalue weighted by Crippen LogP contribution is -2.46. The molecule has 0 radical (unpaired) electrons. The van der Waals surface area contributed by atoms with Crippen LogP contribution in [0.25, 0.3) is 0 Å². The first-order valence-corrected chi connectivity index (χ1v) is 10.5. The van der Waals surface area contributed by atoms with Gasteiger partial charge in [0.15, 0.2) is 0 Å². The predicted octanol–water partition coefficient (Wildman–Crippen LogP) is 3.23. The van der Waals surface area contributed by atoms with E-state index in [4.69, 9.17) is 4.74 Å². The number of nitrogens with zero attached hydrogens (tertiary/aromatic N) is 3. The summed E-state index contributed by atoms with van der Waals surface area (Å²) in [6, 6.07) is 13.5. The van der Waals surface area contributed by atoms with Gasteiger partial charge < -0.3 is 10.1 Å². The van der Waals surface area contributed by atoms with Crippen LogP contribution in [0.3, 0.4) is 0 Å². The van der Waals surface area contributed by atoms with Gasteiger partial charge in [0.25, 0.3) is 0 Å². The molecule has 0 aliphatic carbocycles. The minimum absolute atomic E-state index is 0.184. The number of rotatable bonds is 7. The molecule has 4 rings (SSSR count). The van der Waals surface area contributed by atoms with Crippen molar-refractivity contribution < 1.29 is 4.74 Å².